The molecule has 0 aromatic rings. The first-order chi connectivity index (χ1) is 21.3. The minimum Gasteiger partial charge on any atom is -0.726 e. The van der Waals surface area contributed by atoms with Gasteiger partial charge in [-0.2, -0.15) is 0 Å². The van der Waals surface area contributed by atoms with Gasteiger partial charge in [-0.05, 0) is 111 Å². The van der Waals surface area contributed by atoms with Gasteiger partial charge < -0.3 is 23.3 Å². The molecule has 0 spiro atoms. The second-order valence-electron chi connectivity index (χ2n) is 16.6. The van der Waals surface area contributed by atoms with E-state index in [2.05, 4.69) is 48.5 Å². The van der Waals surface area contributed by atoms with Crippen molar-refractivity contribution in [3.63, 3.8) is 0 Å². The Kier molecular flexibility index (Phi) is 9.14. The Balaban J connectivity index is 1.30. The first-order valence-electron chi connectivity index (χ1n) is 17.6. The summed E-state index contributed by atoms with van der Waals surface area (Å²) in [5.41, 5.74) is -0.960. The number of hydrogen-bond donors (Lipinski definition) is 0. The number of fused-ring (bicyclic) bond motifs is 10. The summed E-state index contributed by atoms with van der Waals surface area (Å²) >= 11 is 0. The van der Waals surface area contributed by atoms with Gasteiger partial charge in [0, 0.05) is 12.3 Å². The Morgan fingerprint density at radius 2 is 1.54 bits per heavy atom. The maximum absolute atomic E-state index is 11.7. The normalized spacial score (nSPS) is 49.2. The zero-order chi connectivity index (χ0) is 33.7. The standard InChI is InChI=1S/C33H56O11S2/c1-8-13-33-40-26-17-24-22-11-10-21-16-25(42-45(34,35)36)27(43-46(37,38)39)18-31(21,6)23(22)12-14-30(24,5)29(26)32(7,44-33)28(41-33)15-20(9-2)19(3)4/h19-29H,8-18H2,1-7H3,(H,34,35,36)(H,37,38,39)/p-2/t20?,21-,22?,23?,24-,25-,26?,27-,28+,29?,30-,31-,32+,33?/m0/s1. The Labute approximate surface area is 276 Å². The van der Waals surface area contributed by atoms with Crippen LogP contribution in [0.1, 0.15) is 119 Å². The summed E-state index contributed by atoms with van der Waals surface area (Å²) in [5.74, 6) is 1.09. The van der Waals surface area contributed by atoms with Crippen LogP contribution in [0.25, 0.3) is 0 Å². The lowest BCUT2D eigenvalue weighted by Gasteiger charge is -2.62. The van der Waals surface area contributed by atoms with Crippen LogP contribution in [0.2, 0.25) is 0 Å². The Morgan fingerprint density at radius 1 is 0.870 bits per heavy atom. The molecule has 2 aliphatic heterocycles. The van der Waals surface area contributed by atoms with Crippen molar-refractivity contribution in [2.45, 2.75) is 155 Å². The molecule has 14 atom stereocenters. The van der Waals surface area contributed by atoms with Crippen molar-refractivity contribution in [3.05, 3.63) is 0 Å². The molecular weight excluding hydrogens is 636 g/mol. The maximum Gasteiger partial charge on any atom is 0.284 e. The van der Waals surface area contributed by atoms with E-state index in [1.807, 2.05) is 0 Å². The first kappa shape index (κ1) is 35.4. The van der Waals surface area contributed by atoms with Crippen molar-refractivity contribution in [3.8, 4) is 0 Å². The molecule has 0 radical (unpaired) electrons. The second kappa shape index (κ2) is 11.9. The van der Waals surface area contributed by atoms with Crippen LogP contribution in [0.3, 0.4) is 0 Å². The largest absolute Gasteiger partial charge is 0.726 e. The quantitative estimate of drug-likeness (QED) is 0.206. The summed E-state index contributed by atoms with van der Waals surface area (Å²) in [5, 5.41) is 0. The van der Waals surface area contributed by atoms with E-state index in [1.54, 1.807) is 0 Å². The van der Waals surface area contributed by atoms with Crippen molar-refractivity contribution in [1.82, 2.24) is 0 Å². The Hall–Kier alpha value is -0.380. The van der Waals surface area contributed by atoms with Crippen LogP contribution in [0.5, 0.6) is 0 Å². The van der Waals surface area contributed by atoms with Gasteiger partial charge in [0.1, 0.15) is 17.8 Å². The Bertz CT molecular complexity index is 1370. The van der Waals surface area contributed by atoms with E-state index < -0.39 is 50.0 Å². The van der Waals surface area contributed by atoms with E-state index >= 15 is 0 Å². The summed E-state index contributed by atoms with van der Waals surface area (Å²) in [6.45, 7) is 15.8. The van der Waals surface area contributed by atoms with E-state index in [4.69, 9.17) is 22.6 Å². The van der Waals surface area contributed by atoms with Gasteiger partial charge in [0.25, 0.3) is 5.97 Å². The van der Waals surface area contributed by atoms with Gasteiger partial charge in [-0.25, -0.2) is 16.8 Å². The lowest BCUT2D eigenvalue weighted by molar-refractivity contribution is -0.403. The predicted molar refractivity (Wildman–Crippen MR) is 165 cm³/mol. The lowest BCUT2D eigenvalue weighted by Crippen LogP contribution is -2.61. The molecule has 13 heteroatoms. The highest BCUT2D eigenvalue weighted by Gasteiger charge is 2.74. The molecule has 0 amide bonds. The van der Waals surface area contributed by atoms with Crippen molar-refractivity contribution in [2.75, 3.05) is 0 Å². The predicted octanol–water partition coefficient (Wildman–Crippen LogP) is 5.66. The van der Waals surface area contributed by atoms with Crippen LogP contribution in [0.4, 0.5) is 0 Å². The molecule has 0 aromatic heterocycles. The molecule has 46 heavy (non-hydrogen) atoms. The molecule has 4 saturated carbocycles. The van der Waals surface area contributed by atoms with E-state index in [9.17, 15) is 25.9 Å². The highest BCUT2D eigenvalue weighted by Crippen LogP contribution is 2.72. The average molecular weight is 691 g/mol. The SMILES string of the molecule is CCCC12OC3C[C@H]4C5CC[C@H]6C[C@H](OS(=O)(=O)[O-])[C@@H](OS(=O)(=O)[O-])C[C@]6(C)C5CC[C@]4(C)C3[C@](C)(O1)[C@@H](CC(CC)C(C)C)O2. The van der Waals surface area contributed by atoms with E-state index in [0.29, 0.717) is 30.1 Å². The zero-order valence-electron chi connectivity index (χ0n) is 28.4. The fourth-order valence-electron chi connectivity index (χ4n) is 12.1. The molecule has 11 nitrogen and oxygen atoms in total. The van der Waals surface area contributed by atoms with Crippen molar-refractivity contribution < 1.29 is 48.5 Å². The highest BCUT2D eigenvalue weighted by molar-refractivity contribution is 7.81. The van der Waals surface area contributed by atoms with Gasteiger partial charge >= 0.3 is 0 Å². The van der Waals surface area contributed by atoms with Gasteiger partial charge in [0.05, 0.1) is 12.2 Å². The molecule has 6 rings (SSSR count). The molecular formula is C33H54O11S2-2. The molecule has 266 valence electrons. The van der Waals surface area contributed by atoms with Crippen LogP contribution < -0.4 is 0 Å². The fraction of sp³-hybridized carbons (Fsp3) is 1.00. The third-order valence-electron chi connectivity index (χ3n) is 14.0. The first-order valence-corrected chi connectivity index (χ1v) is 20.3. The third kappa shape index (κ3) is 5.93. The van der Waals surface area contributed by atoms with E-state index in [-0.39, 0.29) is 48.2 Å². The van der Waals surface area contributed by atoms with Crippen molar-refractivity contribution in [2.24, 2.45) is 52.3 Å². The van der Waals surface area contributed by atoms with Crippen LogP contribution >= 0.6 is 0 Å². The molecule has 6 unspecified atom stereocenters. The fourth-order valence-corrected chi connectivity index (χ4v) is 13.1. The molecule has 0 N–H and O–H groups in total. The van der Waals surface area contributed by atoms with Crippen molar-refractivity contribution in [1.29, 1.82) is 0 Å². The van der Waals surface area contributed by atoms with Gasteiger partial charge in [-0.1, -0.05) is 48.0 Å². The van der Waals surface area contributed by atoms with Crippen LogP contribution in [0, 0.1) is 52.3 Å². The number of hydrogen-bond acceptors (Lipinski definition) is 11. The van der Waals surface area contributed by atoms with E-state index in [1.165, 1.54) is 0 Å². The third-order valence-corrected chi connectivity index (χ3v) is 14.9. The maximum atomic E-state index is 11.7. The summed E-state index contributed by atoms with van der Waals surface area (Å²) in [7, 11) is -10.3. The molecule has 2 heterocycles. The molecule has 6 aliphatic rings. The molecule has 2 bridgehead atoms. The van der Waals surface area contributed by atoms with Gasteiger partial charge in [0.15, 0.2) is 0 Å². The van der Waals surface area contributed by atoms with Crippen LogP contribution in [-0.4, -0.2) is 61.9 Å². The zero-order valence-corrected chi connectivity index (χ0v) is 30.1. The molecule has 0 aromatic carbocycles. The summed E-state index contributed by atoms with van der Waals surface area (Å²) in [6.07, 6.45) is 5.63. The number of rotatable bonds is 10. The Morgan fingerprint density at radius 3 is 2.15 bits per heavy atom. The number of ether oxygens (including phenoxy) is 3. The van der Waals surface area contributed by atoms with Gasteiger partial charge in [-0.15, -0.1) is 0 Å². The summed E-state index contributed by atoms with van der Waals surface area (Å²) in [4.78, 5) is 0. The monoisotopic (exact) mass is 690 g/mol. The molecule has 4 aliphatic carbocycles. The molecule has 2 saturated heterocycles. The summed E-state index contributed by atoms with van der Waals surface area (Å²) < 4.78 is 100. The van der Waals surface area contributed by atoms with Gasteiger partial charge in [-0.3, -0.25) is 8.37 Å². The smallest absolute Gasteiger partial charge is 0.284 e. The van der Waals surface area contributed by atoms with Crippen LogP contribution in [0.15, 0.2) is 0 Å². The second-order valence-corrected chi connectivity index (χ2v) is 18.6. The van der Waals surface area contributed by atoms with Gasteiger partial charge in [0.2, 0.25) is 20.8 Å². The topological polar surface area (TPSA) is 161 Å². The lowest BCUT2D eigenvalue weighted by atomic mass is 9.44. The van der Waals surface area contributed by atoms with Crippen molar-refractivity contribution >= 4 is 20.8 Å². The molecule has 6 fully saturated rings. The highest BCUT2D eigenvalue weighted by atomic mass is 32.3. The van der Waals surface area contributed by atoms with E-state index in [0.717, 1.165) is 51.4 Å². The summed E-state index contributed by atoms with van der Waals surface area (Å²) in [6, 6.07) is 0. The average Bonchev–Trinajstić information content (AvgIpc) is 3.33. The van der Waals surface area contributed by atoms with Crippen LogP contribution in [-0.2, 0) is 43.4 Å². The minimum absolute atomic E-state index is 0.00166. The minimum atomic E-state index is -5.16.